The smallest absolute Gasteiger partial charge is 0.137 e. The minimum atomic E-state index is 0.694. The van der Waals surface area contributed by atoms with Crippen molar-refractivity contribution in [3.63, 3.8) is 0 Å². The van der Waals surface area contributed by atoms with Gasteiger partial charge in [-0.3, -0.25) is 0 Å². The highest BCUT2D eigenvalue weighted by Gasteiger charge is 2.13. The Kier molecular flexibility index (Phi) is 2.23. The lowest BCUT2D eigenvalue weighted by atomic mass is 10.1. The van der Waals surface area contributed by atoms with E-state index in [1.54, 1.807) is 0 Å². The van der Waals surface area contributed by atoms with E-state index in [1.165, 1.54) is 0 Å². The van der Waals surface area contributed by atoms with Gasteiger partial charge in [-0.05, 0) is 44.0 Å². The second-order valence-electron chi connectivity index (χ2n) is 3.56. The number of benzene rings is 2. The molecule has 0 amide bonds. The van der Waals surface area contributed by atoms with Gasteiger partial charge in [0.2, 0.25) is 0 Å². The normalized spacial score (nSPS) is 11.4. The molecule has 0 aliphatic carbocycles. The molecule has 0 aliphatic rings. The van der Waals surface area contributed by atoms with Crippen LogP contribution in [0, 0.1) is 0 Å². The van der Waals surface area contributed by atoms with Gasteiger partial charge in [0.05, 0.1) is 10.2 Å². The second-order valence-corrected chi connectivity index (χ2v) is 5.20. The summed E-state index contributed by atoms with van der Waals surface area (Å²) in [5.41, 5.74) is 8.36. The highest BCUT2D eigenvalue weighted by atomic mass is 79.9. The van der Waals surface area contributed by atoms with Crippen LogP contribution in [0.4, 0.5) is 5.69 Å². The van der Waals surface area contributed by atoms with Crippen molar-refractivity contribution >= 4 is 59.5 Å². The first-order valence-electron chi connectivity index (χ1n) is 4.73. The van der Waals surface area contributed by atoms with Gasteiger partial charge in [0, 0.05) is 15.2 Å². The van der Waals surface area contributed by atoms with Gasteiger partial charge >= 0.3 is 0 Å². The van der Waals surface area contributed by atoms with Crippen molar-refractivity contribution in [2.75, 3.05) is 5.73 Å². The van der Waals surface area contributed by atoms with Crippen LogP contribution < -0.4 is 5.73 Å². The third-order valence-electron chi connectivity index (χ3n) is 2.59. The van der Waals surface area contributed by atoms with Gasteiger partial charge in [0.1, 0.15) is 11.2 Å². The lowest BCUT2D eigenvalue weighted by molar-refractivity contribution is 0.668. The van der Waals surface area contributed by atoms with Crippen molar-refractivity contribution in [2.45, 2.75) is 0 Å². The number of nitrogens with two attached hydrogens (primary N) is 1. The van der Waals surface area contributed by atoms with Crippen molar-refractivity contribution in [3.8, 4) is 0 Å². The van der Waals surface area contributed by atoms with Crippen LogP contribution >= 0.6 is 31.9 Å². The Balaban J connectivity index is 2.62. The molecule has 0 saturated heterocycles. The number of fused-ring (bicyclic) bond motifs is 3. The fourth-order valence-corrected chi connectivity index (χ4v) is 3.12. The Labute approximate surface area is 109 Å². The van der Waals surface area contributed by atoms with E-state index in [2.05, 4.69) is 31.9 Å². The van der Waals surface area contributed by atoms with Gasteiger partial charge in [0.15, 0.2) is 0 Å². The topological polar surface area (TPSA) is 39.2 Å². The van der Waals surface area contributed by atoms with Crippen molar-refractivity contribution < 1.29 is 4.42 Å². The average molecular weight is 341 g/mol. The number of anilines is 1. The Morgan fingerprint density at radius 3 is 2.62 bits per heavy atom. The Bertz CT molecular complexity index is 703. The maximum Gasteiger partial charge on any atom is 0.137 e. The number of rotatable bonds is 0. The van der Waals surface area contributed by atoms with Crippen LogP contribution in [0.2, 0.25) is 0 Å². The van der Waals surface area contributed by atoms with Gasteiger partial charge in [-0.15, -0.1) is 0 Å². The molecule has 2 aromatic carbocycles. The molecular weight excluding hydrogens is 334 g/mol. The summed E-state index contributed by atoms with van der Waals surface area (Å²) < 4.78 is 7.47. The molecule has 0 unspecified atom stereocenters. The SMILES string of the molecule is Nc1c(Br)cc2oc3ccccc3c2c1Br. The van der Waals surface area contributed by atoms with Gasteiger partial charge < -0.3 is 10.2 Å². The van der Waals surface area contributed by atoms with E-state index in [0.29, 0.717) is 5.69 Å². The van der Waals surface area contributed by atoms with Crippen LogP contribution in [0.15, 0.2) is 43.7 Å². The van der Waals surface area contributed by atoms with E-state index in [9.17, 15) is 0 Å². The first-order valence-corrected chi connectivity index (χ1v) is 6.32. The average Bonchev–Trinajstić information content (AvgIpc) is 2.64. The molecule has 3 aromatic rings. The molecule has 4 heteroatoms. The molecule has 1 heterocycles. The van der Waals surface area contributed by atoms with E-state index in [0.717, 1.165) is 30.9 Å². The fourth-order valence-electron chi connectivity index (χ4n) is 1.82. The number of nitrogen functional groups attached to an aromatic ring is 1. The molecule has 0 bridgehead atoms. The van der Waals surface area contributed by atoms with Crippen LogP contribution in [-0.4, -0.2) is 0 Å². The standard InChI is InChI=1S/C12H7Br2NO/c13-7-5-9-10(11(14)12(7)15)6-3-1-2-4-8(6)16-9/h1-5H,15H2. The van der Waals surface area contributed by atoms with E-state index in [4.69, 9.17) is 10.2 Å². The van der Waals surface area contributed by atoms with Crippen LogP contribution in [0.3, 0.4) is 0 Å². The van der Waals surface area contributed by atoms with Gasteiger partial charge in [0.25, 0.3) is 0 Å². The molecule has 80 valence electrons. The quantitative estimate of drug-likeness (QED) is 0.603. The molecule has 0 atom stereocenters. The molecule has 2 nitrogen and oxygen atoms in total. The Morgan fingerprint density at radius 1 is 1.06 bits per heavy atom. The highest BCUT2D eigenvalue weighted by Crippen LogP contribution is 2.40. The summed E-state index contributed by atoms with van der Waals surface area (Å²) in [6.07, 6.45) is 0. The Hall–Kier alpha value is -1.00. The van der Waals surface area contributed by atoms with Crippen LogP contribution in [0.1, 0.15) is 0 Å². The van der Waals surface area contributed by atoms with E-state index < -0.39 is 0 Å². The lowest BCUT2D eigenvalue weighted by Gasteiger charge is -2.02. The minimum Gasteiger partial charge on any atom is -0.456 e. The van der Waals surface area contributed by atoms with Crippen LogP contribution in [0.25, 0.3) is 21.9 Å². The van der Waals surface area contributed by atoms with Crippen molar-refractivity contribution in [1.29, 1.82) is 0 Å². The molecule has 3 rings (SSSR count). The Morgan fingerprint density at radius 2 is 1.81 bits per heavy atom. The maximum atomic E-state index is 5.96. The zero-order valence-electron chi connectivity index (χ0n) is 8.13. The van der Waals surface area contributed by atoms with E-state index in [1.807, 2.05) is 30.3 Å². The third-order valence-corrected chi connectivity index (χ3v) is 4.07. The lowest BCUT2D eigenvalue weighted by Crippen LogP contribution is -1.88. The number of hydrogen-bond donors (Lipinski definition) is 1. The van der Waals surface area contributed by atoms with Crippen molar-refractivity contribution in [2.24, 2.45) is 0 Å². The van der Waals surface area contributed by atoms with E-state index >= 15 is 0 Å². The molecule has 1 aromatic heterocycles. The fraction of sp³-hybridized carbons (Fsp3) is 0. The molecule has 0 radical (unpaired) electrons. The summed E-state index contributed by atoms with van der Waals surface area (Å²) in [6, 6.07) is 9.82. The zero-order valence-corrected chi connectivity index (χ0v) is 11.3. The first-order chi connectivity index (χ1) is 7.68. The molecule has 0 fully saturated rings. The molecule has 16 heavy (non-hydrogen) atoms. The second kappa shape index (κ2) is 3.50. The summed E-state index contributed by atoms with van der Waals surface area (Å²) >= 11 is 6.93. The molecule has 0 saturated carbocycles. The minimum absolute atomic E-state index is 0.694. The van der Waals surface area contributed by atoms with Crippen molar-refractivity contribution in [3.05, 3.63) is 39.3 Å². The largest absolute Gasteiger partial charge is 0.456 e. The summed E-state index contributed by atoms with van der Waals surface area (Å²) in [6.45, 7) is 0. The van der Waals surface area contributed by atoms with Crippen LogP contribution in [0.5, 0.6) is 0 Å². The van der Waals surface area contributed by atoms with E-state index in [-0.39, 0.29) is 0 Å². The predicted octanol–water partition coefficient (Wildman–Crippen LogP) is 4.69. The zero-order chi connectivity index (χ0) is 11.3. The number of halogens is 2. The number of furan rings is 1. The maximum absolute atomic E-state index is 5.96. The number of para-hydroxylation sites is 1. The summed E-state index contributed by atoms with van der Waals surface area (Å²) in [5.74, 6) is 0. The van der Waals surface area contributed by atoms with Gasteiger partial charge in [-0.25, -0.2) is 0 Å². The number of hydrogen-bond acceptors (Lipinski definition) is 2. The highest BCUT2D eigenvalue weighted by molar-refractivity contribution is 9.11. The molecule has 2 N–H and O–H groups in total. The molecular formula is C12H7Br2NO. The van der Waals surface area contributed by atoms with Crippen molar-refractivity contribution in [1.82, 2.24) is 0 Å². The summed E-state index contributed by atoms with van der Waals surface area (Å²) in [7, 11) is 0. The van der Waals surface area contributed by atoms with Crippen LogP contribution in [-0.2, 0) is 0 Å². The molecule has 0 spiro atoms. The first kappa shape index (κ1) is 10.2. The van der Waals surface area contributed by atoms with Gasteiger partial charge in [-0.1, -0.05) is 18.2 Å². The predicted molar refractivity (Wildman–Crippen MR) is 73.5 cm³/mol. The summed E-state index contributed by atoms with van der Waals surface area (Å²) in [4.78, 5) is 0. The monoisotopic (exact) mass is 339 g/mol. The van der Waals surface area contributed by atoms with Gasteiger partial charge in [-0.2, -0.15) is 0 Å². The molecule has 0 aliphatic heterocycles. The third kappa shape index (κ3) is 1.30. The summed E-state index contributed by atoms with van der Waals surface area (Å²) in [5, 5.41) is 2.10.